The molecule has 0 aromatic heterocycles. The number of carbonyl (C=O) groups is 1. The second kappa shape index (κ2) is 7.05. The van der Waals surface area contributed by atoms with Gasteiger partial charge in [-0.15, -0.1) is 0 Å². The van der Waals surface area contributed by atoms with Gasteiger partial charge in [-0.05, 0) is 30.2 Å². The first-order valence-electron chi connectivity index (χ1n) is 7.85. The number of nitriles is 1. The molecule has 1 amide bonds. The topological polar surface area (TPSA) is 90.3 Å². The van der Waals surface area contributed by atoms with Crippen molar-refractivity contribution in [2.24, 2.45) is 0 Å². The van der Waals surface area contributed by atoms with Gasteiger partial charge in [0.2, 0.25) is 15.9 Å². The minimum absolute atomic E-state index is 0.0131. The van der Waals surface area contributed by atoms with Crippen LogP contribution < -0.4 is 4.72 Å². The molecule has 1 fully saturated rings. The first-order valence-corrected chi connectivity index (χ1v) is 9.33. The molecule has 0 aliphatic carbocycles. The Labute approximate surface area is 146 Å². The van der Waals surface area contributed by atoms with Crippen LogP contribution in [-0.4, -0.2) is 31.8 Å². The summed E-state index contributed by atoms with van der Waals surface area (Å²) in [5.74, 6) is -0.233. The van der Waals surface area contributed by atoms with Gasteiger partial charge in [0.25, 0.3) is 0 Å². The summed E-state index contributed by atoms with van der Waals surface area (Å²) in [6.45, 7) is 0.959. The zero-order chi connectivity index (χ0) is 17.9. The van der Waals surface area contributed by atoms with Crippen molar-refractivity contribution < 1.29 is 13.2 Å². The summed E-state index contributed by atoms with van der Waals surface area (Å²) in [4.78, 5) is 14.1. The third-order valence-electron chi connectivity index (χ3n) is 4.08. The van der Waals surface area contributed by atoms with E-state index in [1.54, 1.807) is 4.90 Å². The lowest BCUT2D eigenvalue weighted by molar-refractivity contribution is -0.129. The predicted octanol–water partition coefficient (Wildman–Crippen LogP) is 1.64. The van der Waals surface area contributed by atoms with Crippen molar-refractivity contribution in [2.45, 2.75) is 23.9 Å². The molecule has 0 radical (unpaired) electrons. The van der Waals surface area contributed by atoms with E-state index >= 15 is 0 Å². The maximum atomic E-state index is 12.5. The molecule has 6 nitrogen and oxygen atoms in total. The Hall–Kier alpha value is -2.69. The number of likely N-dealkylation sites (tertiary alicyclic amines) is 1. The number of nitrogens with zero attached hydrogens (tertiary/aromatic N) is 2. The highest BCUT2D eigenvalue weighted by Gasteiger charge is 2.34. The minimum atomic E-state index is -3.85. The van der Waals surface area contributed by atoms with E-state index in [2.05, 4.69) is 4.72 Å². The van der Waals surface area contributed by atoms with Crippen LogP contribution in [0.1, 0.15) is 17.5 Å². The van der Waals surface area contributed by atoms with Gasteiger partial charge >= 0.3 is 0 Å². The molecule has 0 spiro atoms. The highest BCUT2D eigenvalue weighted by atomic mass is 32.2. The largest absolute Gasteiger partial charge is 0.337 e. The Kier molecular flexibility index (Phi) is 4.83. The van der Waals surface area contributed by atoms with Gasteiger partial charge in [-0.1, -0.05) is 36.4 Å². The van der Waals surface area contributed by atoms with E-state index in [0.717, 1.165) is 5.56 Å². The van der Waals surface area contributed by atoms with E-state index in [-0.39, 0.29) is 16.4 Å². The van der Waals surface area contributed by atoms with E-state index in [9.17, 15) is 13.2 Å². The molecule has 1 aliphatic rings. The fourth-order valence-electron chi connectivity index (χ4n) is 2.80. The van der Waals surface area contributed by atoms with Gasteiger partial charge in [0.1, 0.15) is 6.04 Å². The minimum Gasteiger partial charge on any atom is -0.337 e. The van der Waals surface area contributed by atoms with Gasteiger partial charge in [-0.3, -0.25) is 4.79 Å². The van der Waals surface area contributed by atoms with Crippen molar-refractivity contribution in [3.8, 4) is 6.07 Å². The number of rotatable bonds is 5. The number of sulfonamides is 1. The van der Waals surface area contributed by atoms with E-state index in [0.29, 0.717) is 19.5 Å². The Morgan fingerprint density at radius 3 is 2.64 bits per heavy atom. The van der Waals surface area contributed by atoms with E-state index in [1.165, 1.54) is 24.3 Å². The first-order chi connectivity index (χ1) is 12.0. The predicted molar refractivity (Wildman–Crippen MR) is 91.7 cm³/mol. The van der Waals surface area contributed by atoms with Crippen LogP contribution in [0.3, 0.4) is 0 Å². The van der Waals surface area contributed by atoms with Crippen LogP contribution in [0.15, 0.2) is 59.5 Å². The van der Waals surface area contributed by atoms with Crippen LogP contribution in [0.2, 0.25) is 0 Å². The molecule has 3 rings (SSSR count). The molecule has 2 aromatic carbocycles. The van der Waals surface area contributed by atoms with Crippen LogP contribution in [0, 0.1) is 11.3 Å². The van der Waals surface area contributed by atoms with Gasteiger partial charge in [-0.2, -0.15) is 9.98 Å². The highest BCUT2D eigenvalue weighted by molar-refractivity contribution is 7.89. The normalized spacial score (nSPS) is 17.5. The molecule has 128 valence electrons. The molecule has 0 saturated carbocycles. The molecule has 7 heteroatoms. The number of benzene rings is 2. The summed E-state index contributed by atoms with van der Waals surface area (Å²) in [7, 11) is -3.85. The summed E-state index contributed by atoms with van der Waals surface area (Å²) in [5, 5.41) is 8.90. The van der Waals surface area contributed by atoms with Crippen molar-refractivity contribution in [3.05, 3.63) is 65.7 Å². The molecule has 2 aromatic rings. The standard InChI is InChI=1S/C18H17N3O3S/c19-12-15-7-4-8-16(11-15)25(23,24)20-17-9-10-21(18(17)22)13-14-5-2-1-3-6-14/h1-8,11,17,20H,9-10,13H2/t17-/m1/s1. The third kappa shape index (κ3) is 3.87. The van der Waals surface area contributed by atoms with Crippen LogP contribution in [0.5, 0.6) is 0 Å². The molecule has 1 atom stereocenters. The van der Waals surface area contributed by atoms with E-state index in [4.69, 9.17) is 5.26 Å². The molecule has 0 bridgehead atoms. The fraction of sp³-hybridized carbons (Fsp3) is 0.222. The maximum absolute atomic E-state index is 12.5. The monoisotopic (exact) mass is 355 g/mol. The fourth-order valence-corrected chi connectivity index (χ4v) is 4.07. The maximum Gasteiger partial charge on any atom is 0.241 e. The lowest BCUT2D eigenvalue weighted by Crippen LogP contribution is -2.41. The SMILES string of the molecule is N#Cc1cccc(S(=O)(=O)N[C@@H]2CCN(Cc3ccccc3)C2=O)c1. The molecule has 1 heterocycles. The molecule has 1 saturated heterocycles. The zero-order valence-corrected chi connectivity index (χ0v) is 14.2. The summed E-state index contributed by atoms with van der Waals surface area (Å²) in [6, 6.07) is 16.4. The number of hydrogen-bond acceptors (Lipinski definition) is 4. The van der Waals surface area contributed by atoms with Crippen molar-refractivity contribution in [1.82, 2.24) is 9.62 Å². The molecule has 1 N–H and O–H groups in total. The average Bonchev–Trinajstić information content (AvgIpc) is 2.95. The van der Waals surface area contributed by atoms with Crippen molar-refractivity contribution in [1.29, 1.82) is 5.26 Å². The smallest absolute Gasteiger partial charge is 0.241 e. The van der Waals surface area contributed by atoms with Gasteiger partial charge in [0, 0.05) is 13.1 Å². The average molecular weight is 355 g/mol. The van der Waals surface area contributed by atoms with Crippen LogP contribution in [0.4, 0.5) is 0 Å². The summed E-state index contributed by atoms with van der Waals surface area (Å²) < 4.78 is 27.4. The number of nitrogens with one attached hydrogen (secondary N) is 1. The quantitative estimate of drug-likeness (QED) is 0.883. The molecular formula is C18H17N3O3S. The highest BCUT2D eigenvalue weighted by Crippen LogP contribution is 2.18. The summed E-state index contributed by atoms with van der Waals surface area (Å²) in [5.41, 5.74) is 1.26. The van der Waals surface area contributed by atoms with E-state index < -0.39 is 16.1 Å². The van der Waals surface area contributed by atoms with Gasteiger partial charge in [0.05, 0.1) is 16.5 Å². The van der Waals surface area contributed by atoms with Gasteiger partial charge < -0.3 is 4.90 Å². The second-order valence-corrected chi connectivity index (χ2v) is 7.56. The zero-order valence-electron chi connectivity index (χ0n) is 13.4. The first kappa shape index (κ1) is 17.1. The Morgan fingerprint density at radius 1 is 1.16 bits per heavy atom. The Morgan fingerprint density at radius 2 is 1.92 bits per heavy atom. The number of amides is 1. The van der Waals surface area contributed by atoms with Gasteiger partial charge in [0.15, 0.2) is 0 Å². The number of hydrogen-bond donors (Lipinski definition) is 1. The van der Waals surface area contributed by atoms with Gasteiger partial charge in [-0.25, -0.2) is 8.42 Å². The van der Waals surface area contributed by atoms with Crippen molar-refractivity contribution in [3.63, 3.8) is 0 Å². The number of carbonyl (C=O) groups excluding carboxylic acids is 1. The molecule has 1 aliphatic heterocycles. The Bertz CT molecular complexity index is 920. The lowest BCUT2D eigenvalue weighted by Gasteiger charge is -2.17. The summed E-state index contributed by atoms with van der Waals surface area (Å²) >= 11 is 0. The van der Waals surface area contributed by atoms with Crippen LogP contribution in [0.25, 0.3) is 0 Å². The second-order valence-electron chi connectivity index (χ2n) is 5.85. The summed E-state index contributed by atoms with van der Waals surface area (Å²) in [6.07, 6.45) is 0.419. The van der Waals surface area contributed by atoms with Crippen LogP contribution >= 0.6 is 0 Å². The lowest BCUT2D eigenvalue weighted by atomic mass is 10.2. The third-order valence-corrected chi connectivity index (χ3v) is 5.55. The van der Waals surface area contributed by atoms with Crippen molar-refractivity contribution >= 4 is 15.9 Å². The molecule has 25 heavy (non-hydrogen) atoms. The molecule has 0 unspecified atom stereocenters. The molecular weight excluding hydrogens is 338 g/mol. The van der Waals surface area contributed by atoms with Crippen molar-refractivity contribution in [2.75, 3.05) is 6.54 Å². The van der Waals surface area contributed by atoms with E-state index in [1.807, 2.05) is 36.4 Å². The van der Waals surface area contributed by atoms with Crippen LogP contribution in [-0.2, 0) is 21.4 Å². The Balaban J connectivity index is 1.71.